The summed E-state index contributed by atoms with van der Waals surface area (Å²) in [5.41, 5.74) is 1.14. The van der Waals surface area contributed by atoms with Gasteiger partial charge in [0.1, 0.15) is 12.2 Å². The number of nitriles is 1. The summed E-state index contributed by atoms with van der Waals surface area (Å²) >= 11 is 0. The van der Waals surface area contributed by atoms with E-state index in [1.165, 1.54) is 31.9 Å². The van der Waals surface area contributed by atoms with Crippen LogP contribution in [0.1, 0.15) is 67.0 Å². The van der Waals surface area contributed by atoms with E-state index in [1.54, 1.807) is 36.4 Å². The lowest BCUT2D eigenvalue weighted by molar-refractivity contribution is -0.137. The fourth-order valence-corrected chi connectivity index (χ4v) is 5.30. The van der Waals surface area contributed by atoms with Crippen LogP contribution in [0.5, 0.6) is 5.88 Å². The number of carbonyl (C=O) groups is 1. The first-order chi connectivity index (χ1) is 21.7. The Morgan fingerprint density at radius 1 is 1.11 bits per heavy atom. The molecule has 0 saturated carbocycles. The molecule has 1 unspecified atom stereocenters. The van der Waals surface area contributed by atoms with Crippen LogP contribution in [0.2, 0.25) is 0 Å². The van der Waals surface area contributed by atoms with Crippen LogP contribution in [0, 0.1) is 11.3 Å². The highest BCUT2D eigenvalue weighted by Gasteiger charge is 2.39. The third-order valence-corrected chi connectivity index (χ3v) is 7.42. The monoisotopic (exact) mass is 618 g/mol. The van der Waals surface area contributed by atoms with Gasteiger partial charge in [0.2, 0.25) is 5.88 Å². The van der Waals surface area contributed by atoms with Gasteiger partial charge in [-0.15, -0.1) is 0 Å². The van der Waals surface area contributed by atoms with Crippen LogP contribution in [0.4, 0.5) is 23.7 Å². The predicted molar refractivity (Wildman–Crippen MR) is 156 cm³/mol. The van der Waals surface area contributed by atoms with Crippen molar-refractivity contribution in [1.29, 1.82) is 5.26 Å². The van der Waals surface area contributed by atoms with Gasteiger partial charge in [0, 0.05) is 48.0 Å². The zero-order valence-corrected chi connectivity index (χ0v) is 24.6. The number of alkyl halides is 3. The van der Waals surface area contributed by atoms with Gasteiger partial charge in [-0.05, 0) is 49.6 Å². The molecule has 14 heteroatoms. The number of amides is 1. The summed E-state index contributed by atoms with van der Waals surface area (Å²) in [7, 11) is 1.46. The molecule has 4 heterocycles. The van der Waals surface area contributed by atoms with Crippen molar-refractivity contribution in [3.63, 3.8) is 0 Å². The predicted octanol–water partition coefficient (Wildman–Crippen LogP) is 5.79. The molecule has 0 radical (unpaired) electrons. The van der Waals surface area contributed by atoms with E-state index in [0.717, 1.165) is 12.1 Å². The van der Waals surface area contributed by atoms with Crippen molar-refractivity contribution in [3.05, 3.63) is 89.7 Å². The fraction of sp³-hybridized carbons (Fsp3) is 0.323. The molecule has 3 aromatic heterocycles. The van der Waals surface area contributed by atoms with Crippen LogP contribution < -0.4 is 15.0 Å². The number of rotatable bonds is 8. The average molecular weight is 619 g/mol. The number of carbonyl (C=O) groups excluding carboxylic acids is 1. The Kier molecular flexibility index (Phi) is 9.19. The third-order valence-electron chi connectivity index (χ3n) is 7.42. The molecule has 0 spiro atoms. The lowest BCUT2D eigenvalue weighted by Crippen LogP contribution is -2.48. The SMILES string of the molecule is CCOC(=O)N1c2ccc(OC)nc2[C@@H](NC(c2cc(C#N)cc(C(F)(F)F)c2)c2ncc(-c3cncnc3)cn2)C[C@H]1CC. The normalized spacial score (nSPS) is 16.8. The Bertz CT molecular complexity index is 1700. The van der Waals surface area contributed by atoms with Gasteiger partial charge in [-0.2, -0.15) is 18.4 Å². The summed E-state index contributed by atoms with van der Waals surface area (Å²) in [6.45, 7) is 3.81. The first kappa shape index (κ1) is 31.3. The zero-order chi connectivity index (χ0) is 32.1. The Morgan fingerprint density at radius 2 is 1.82 bits per heavy atom. The van der Waals surface area contributed by atoms with Crippen molar-refractivity contribution >= 4 is 11.8 Å². The number of aromatic nitrogens is 5. The molecule has 4 aromatic rings. The van der Waals surface area contributed by atoms with Crippen molar-refractivity contribution in [3.8, 4) is 23.1 Å². The first-order valence-corrected chi connectivity index (χ1v) is 14.1. The van der Waals surface area contributed by atoms with Gasteiger partial charge in [0.15, 0.2) is 0 Å². The maximum Gasteiger partial charge on any atom is 0.416 e. The number of methoxy groups -OCH3 is 1. The second kappa shape index (κ2) is 13.2. The highest BCUT2D eigenvalue weighted by atomic mass is 19.4. The van der Waals surface area contributed by atoms with Crippen molar-refractivity contribution in [2.75, 3.05) is 18.6 Å². The molecule has 0 fully saturated rings. The standard InChI is InChI=1S/C31H29F3N8O3/c1-4-23-11-24(28-25(6-7-26(41-28)44-3)42(23)30(43)45-5-2)40-27(19-8-18(12-35)9-22(10-19)31(32,33)34)29-38-15-21(16-39-29)20-13-36-17-37-14-20/h6-10,13-17,23-24,27,40H,4-5,11H2,1-3H3/t23-,24+,27?/m1/s1. The molecule has 3 atom stereocenters. The summed E-state index contributed by atoms with van der Waals surface area (Å²) in [6.07, 6.45) is 3.27. The van der Waals surface area contributed by atoms with Gasteiger partial charge in [-0.3, -0.25) is 10.2 Å². The number of hydrogen-bond acceptors (Lipinski definition) is 10. The number of hydrogen-bond donors (Lipinski definition) is 1. The van der Waals surface area contributed by atoms with Gasteiger partial charge in [0.25, 0.3) is 0 Å². The molecule has 0 bridgehead atoms. The summed E-state index contributed by atoms with van der Waals surface area (Å²) in [6, 6.07) is 6.36. The van der Waals surface area contributed by atoms with Crippen LogP contribution in [-0.4, -0.2) is 50.8 Å². The number of nitrogens with zero attached hydrogens (tertiary/aromatic N) is 7. The maximum atomic E-state index is 14.0. The molecule has 232 valence electrons. The Balaban J connectivity index is 1.64. The molecule has 1 N–H and O–H groups in total. The molecule has 0 aliphatic carbocycles. The van der Waals surface area contributed by atoms with E-state index in [1.807, 2.05) is 13.0 Å². The Morgan fingerprint density at radius 3 is 2.44 bits per heavy atom. The van der Waals surface area contributed by atoms with Crippen molar-refractivity contribution < 1.29 is 27.4 Å². The Hall–Kier alpha value is -5.16. The average Bonchev–Trinajstić information content (AvgIpc) is 3.06. The quantitative estimate of drug-likeness (QED) is 0.258. The number of benzene rings is 1. The van der Waals surface area contributed by atoms with Crippen molar-refractivity contribution in [1.82, 2.24) is 30.2 Å². The van der Waals surface area contributed by atoms with E-state index in [9.17, 15) is 23.2 Å². The molecule has 0 saturated heterocycles. The summed E-state index contributed by atoms with van der Waals surface area (Å²) in [4.78, 5) is 36.3. The minimum Gasteiger partial charge on any atom is -0.481 e. The van der Waals surface area contributed by atoms with Gasteiger partial charge in [-0.25, -0.2) is 29.7 Å². The topological polar surface area (TPSA) is 139 Å². The first-order valence-electron chi connectivity index (χ1n) is 14.1. The van der Waals surface area contributed by atoms with E-state index in [0.29, 0.717) is 35.3 Å². The second-order valence-corrected chi connectivity index (χ2v) is 10.2. The van der Waals surface area contributed by atoms with Crippen LogP contribution in [0.15, 0.2) is 61.4 Å². The number of halogens is 3. The minimum atomic E-state index is -4.70. The van der Waals surface area contributed by atoms with Crippen LogP contribution in [0.25, 0.3) is 11.1 Å². The molecule has 45 heavy (non-hydrogen) atoms. The van der Waals surface area contributed by atoms with E-state index in [-0.39, 0.29) is 35.5 Å². The van der Waals surface area contributed by atoms with Crippen LogP contribution in [-0.2, 0) is 10.9 Å². The lowest BCUT2D eigenvalue weighted by atomic mass is 9.91. The lowest BCUT2D eigenvalue weighted by Gasteiger charge is -2.40. The summed E-state index contributed by atoms with van der Waals surface area (Å²) in [5.74, 6) is 0.441. The zero-order valence-electron chi connectivity index (χ0n) is 24.6. The molecule has 1 aromatic carbocycles. The van der Waals surface area contributed by atoms with E-state index >= 15 is 0 Å². The molecule has 1 amide bonds. The number of nitrogens with one attached hydrogen (secondary N) is 1. The van der Waals surface area contributed by atoms with E-state index in [2.05, 4.69) is 30.2 Å². The molecule has 1 aliphatic heterocycles. The third kappa shape index (κ3) is 6.68. The van der Waals surface area contributed by atoms with Gasteiger partial charge in [0.05, 0.1) is 54.4 Å². The van der Waals surface area contributed by atoms with Crippen molar-refractivity contribution in [2.45, 2.75) is 51.0 Å². The molecule has 11 nitrogen and oxygen atoms in total. The summed E-state index contributed by atoms with van der Waals surface area (Å²) in [5, 5.41) is 13.0. The largest absolute Gasteiger partial charge is 0.481 e. The van der Waals surface area contributed by atoms with Crippen molar-refractivity contribution in [2.24, 2.45) is 0 Å². The van der Waals surface area contributed by atoms with Crippen LogP contribution >= 0.6 is 0 Å². The molecule has 1 aliphatic rings. The molecule has 5 rings (SSSR count). The second-order valence-electron chi connectivity index (χ2n) is 10.2. The number of anilines is 1. The van der Waals surface area contributed by atoms with E-state index in [4.69, 9.17) is 9.47 Å². The highest BCUT2D eigenvalue weighted by molar-refractivity contribution is 5.90. The van der Waals surface area contributed by atoms with E-state index < -0.39 is 29.9 Å². The fourth-order valence-electron chi connectivity index (χ4n) is 5.30. The smallest absolute Gasteiger partial charge is 0.416 e. The van der Waals surface area contributed by atoms with Gasteiger partial charge in [-0.1, -0.05) is 6.92 Å². The number of fused-ring (bicyclic) bond motifs is 1. The van der Waals surface area contributed by atoms with Gasteiger partial charge < -0.3 is 9.47 Å². The van der Waals surface area contributed by atoms with Gasteiger partial charge >= 0.3 is 12.3 Å². The highest BCUT2D eigenvalue weighted by Crippen LogP contribution is 2.41. The number of pyridine rings is 1. The Labute approximate surface area is 257 Å². The maximum absolute atomic E-state index is 14.0. The molecular weight excluding hydrogens is 589 g/mol. The molecular formula is C31H29F3N8O3. The summed E-state index contributed by atoms with van der Waals surface area (Å²) < 4.78 is 52.6. The van der Waals surface area contributed by atoms with Crippen LogP contribution in [0.3, 0.4) is 0 Å². The number of ether oxygens (including phenoxy) is 2. The minimum absolute atomic E-state index is 0.127.